The number of hydrogen-bond donors (Lipinski definition) is 0. The van der Waals surface area contributed by atoms with Crippen molar-refractivity contribution in [2.75, 3.05) is 0 Å². The van der Waals surface area contributed by atoms with Gasteiger partial charge in [0, 0.05) is 22.7 Å². The normalized spacial score (nSPS) is 10.7. The number of pyridine rings is 1. The summed E-state index contributed by atoms with van der Waals surface area (Å²) in [6, 6.07) is 16.8. The Morgan fingerprint density at radius 2 is 1.44 bits per heavy atom. The summed E-state index contributed by atoms with van der Waals surface area (Å²) in [7, 11) is 0. The molecule has 1 aromatic heterocycles. The van der Waals surface area contributed by atoms with E-state index in [2.05, 4.69) is 0 Å². The van der Waals surface area contributed by atoms with E-state index in [-0.39, 0.29) is 5.56 Å². The first-order valence-corrected chi connectivity index (χ1v) is 6.00. The highest BCUT2D eigenvalue weighted by Crippen LogP contribution is 2.21. The van der Waals surface area contributed by atoms with Gasteiger partial charge in [-0.25, -0.2) is 0 Å². The summed E-state index contributed by atoms with van der Waals surface area (Å²) < 4.78 is 1.57. The van der Waals surface area contributed by atoms with Crippen molar-refractivity contribution in [2.45, 2.75) is 0 Å². The van der Waals surface area contributed by atoms with E-state index >= 15 is 0 Å². The average molecular weight is 256 g/mol. The molecule has 0 atom stereocenters. The lowest BCUT2D eigenvalue weighted by Crippen LogP contribution is -2.17. The number of hydrogen-bond acceptors (Lipinski definition) is 1. The van der Waals surface area contributed by atoms with Gasteiger partial charge < -0.3 is 0 Å². The lowest BCUT2D eigenvalue weighted by Gasteiger charge is -2.08. The molecule has 2 nitrogen and oxygen atoms in total. The lowest BCUT2D eigenvalue weighted by atomic mass is 10.1. The van der Waals surface area contributed by atoms with Crippen LogP contribution in [0.25, 0.3) is 16.5 Å². The van der Waals surface area contributed by atoms with Gasteiger partial charge in [-0.2, -0.15) is 0 Å². The number of nitrogens with zero attached hydrogens (tertiary/aromatic N) is 1. The van der Waals surface area contributed by atoms with E-state index in [4.69, 9.17) is 11.6 Å². The van der Waals surface area contributed by atoms with Gasteiger partial charge in [0.25, 0.3) is 5.56 Å². The van der Waals surface area contributed by atoms with E-state index in [1.54, 1.807) is 16.8 Å². The molecule has 0 aliphatic rings. The Morgan fingerprint density at radius 3 is 2.17 bits per heavy atom. The smallest absolute Gasteiger partial charge is 0.263 e. The standard InChI is InChI=1S/C15H10ClNO/c16-14-10-17(11-6-2-1-3-7-11)15(18)13-9-5-4-8-12(13)14/h1-10H. The van der Waals surface area contributed by atoms with Gasteiger partial charge in [0.1, 0.15) is 0 Å². The number of aromatic nitrogens is 1. The minimum absolute atomic E-state index is 0.0544. The summed E-state index contributed by atoms with van der Waals surface area (Å²) in [6.45, 7) is 0. The summed E-state index contributed by atoms with van der Waals surface area (Å²) in [6.07, 6.45) is 1.67. The number of halogens is 1. The van der Waals surface area contributed by atoms with E-state index in [9.17, 15) is 4.79 Å². The van der Waals surface area contributed by atoms with E-state index in [0.29, 0.717) is 10.4 Å². The molecule has 1 heterocycles. The van der Waals surface area contributed by atoms with Gasteiger partial charge in [-0.3, -0.25) is 9.36 Å². The number of benzene rings is 2. The Morgan fingerprint density at radius 1 is 0.833 bits per heavy atom. The second-order valence-electron chi connectivity index (χ2n) is 4.03. The molecule has 0 fully saturated rings. The van der Waals surface area contributed by atoms with Crippen molar-refractivity contribution >= 4 is 22.4 Å². The predicted molar refractivity (Wildman–Crippen MR) is 74.6 cm³/mol. The molecule has 3 heteroatoms. The van der Waals surface area contributed by atoms with Crippen LogP contribution in [0.4, 0.5) is 0 Å². The summed E-state index contributed by atoms with van der Waals surface area (Å²) >= 11 is 6.22. The van der Waals surface area contributed by atoms with Crippen LogP contribution in [-0.2, 0) is 0 Å². The molecule has 0 aliphatic carbocycles. The van der Waals surface area contributed by atoms with Crippen LogP contribution in [-0.4, -0.2) is 4.57 Å². The Hall–Kier alpha value is -2.06. The van der Waals surface area contributed by atoms with Crippen molar-refractivity contribution in [3.63, 3.8) is 0 Å². The molecule has 3 aromatic rings. The Labute approximate surface area is 109 Å². The molecule has 0 aliphatic heterocycles. The molecule has 0 amide bonds. The number of rotatable bonds is 1. The molecule has 18 heavy (non-hydrogen) atoms. The van der Waals surface area contributed by atoms with E-state index in [1.807, 2.05) is 48.5 Å². The zero-order valence-corrected chi connectivity index (χ0v) is 10.3. The van der Waals surface area contributed by atoms with Gasteiger partial charge in [-0.05, 0) is 18.2 Å². The summed E-state index contributed by atoms with van der Waals surface area (Å²) in [4.78, 5) is 12.4. The van der Waals surface area contributed by atoms with E-state index in [1.165, 1.54) is 0 Å². The van der Waals surface area contributed by atoms with Crippen LogP contribution in [0.5, 0.6) is 0 Å². The number of para-hydroxylation sites is 1. The molecule has 0 saturated heterocycles. The van der Waals surface area contributed by atoms with Gasteiger partial charge in [0.05, 0.1) is 5.02 Å². The maximum Gasteiger partial charge on any atom is 0.263 e. The van der Waals surface area contributed by atoms with Crippen molar-refractivity contribution in [2.24, 2.45) is 0 Å². The second kappa shape index (κ2) is 4.31. The third kappa shape index (κ3) is 1.71. The van der Waals surface area contributed by atoms with Crippen LogP contribution in [0.2, 0.25) is 5.02 Å². The van der Waals surface area contributed by atoms with Crippen molar-refractivity contribution in [3.8, 4) is 5.69 Å². The fraction of sp³-hybridized carbons (Fsp3) is 0. The average Bonchev–Trinajstić information content (AvgIpc) is 2.44. The van der Waals surface area contributed by atoms with Crippen LogP contribution in [0, 0.1) is 0 Å². The first-order chi connectivity index (χ1) is 8.77. The van der Waals surface area contributed by atoms with Crippen LogP contribution in [0.15, 0.2) is 65.6 Å². The van der Waals surface area contributed by atoms with Crippen molar-refractivity contribution < 1.29 is 0 Å². The molecule has 0 unspecified atom stereocenters. The molecule has 2 aromatic carbocycles. The van der Waals surface area contributed by atoms with Gasteiger partial charge in [-0.15, -0.1) is 0 Å². The molecule has 88 valence electrons. The minimum Gasteiger partial charge on any atom is -0.282 e. The monoisotopic (exact) mass is 255 g/mol. The highest BCUT2D eigenvalue weighted by atomic mass is 35.5. The molecule has 3 rings (SSSR count). The molecule has 0 spiro atoms. The molecule has 0 saturated carbocycles. The maximum atomic E-state index is 12.4. The zero-order chi connectivity index (χ0) is 12.5. The highest BCUT2D eigenvalue weighted by Gasteiger charge is 2.07. The fourth-order valence-electron chi connectivity index (χ4n) is 2.03. The Bertz CT molecular complexity index is 762. The SMILES string of the molecule is O=c1c2ccccc2c(Cl)cn1-c1ccccc1. The lowest BCUT2D eigenvalue weighted by molar-refractivity contribution is 1.01. The van der Waals surface area contributed by atoms with Gasteiger partial charge >= 0.3 is 0 Å². The third-order valence-electron chi connectivity index (χ3n) is 2.91. The van der Waals surface area contributed by atoms with Crippen molar-refractivity contribution in [3.05, 3.63) is 76.2 Å². The van der Waals surface area contributed by atoms with Crippen LogP contribution >= 0.6 is 11.6 Å². The van der Waals surface area contributed by atoms with E-state index < -0.39 is 0 Å². The zero-order valence-electron chi connectivity index (χ0n) is 9.51. The molecule has 0 N–H and O–H groups in total. The van der Waals surface area contributed by atoms with Gasteiger partial charge in [-0.1, -0.05) is 48.0 Å². The first-order valence-electron chi connectivity index (χ1n) is 5.63. The molecular formula is C15H10ClNO. The van der Waals surface area contributed by atoms with Crippen molar-refractivity contribution in [1.29, 1.82) is 0 Å². The fourth-order valence-corrected chi connectivity index (χ4v) is 2.29. The first kappa shape index (κ1) is 11.1. The molecule has 0 bridgehead atoms. The van der Waals surface area contributed by atoms with Crippen LogP contribution in [0.1, 0.15) is 0 Å². The summed E-state index contributed by atoms with van der Waals surface area (Å²) in [5, 5.41) is 2.00. The highest BCUT2D eigenvalue weighted by molar-refractivity contribution is 6.35. The molecule has 0 radical (unpaired) electrons. The second-order valence-corrected chi connectivity index (χ2v) is 4.44. The summed E-state index contributed by atoms with van der Waals surface area (Å²) in [5.74, 6) is 0. The quantitative estimate of drug-likeness (QED) is 0.651. The Kier molecular flexibility index (Phi) is 2.65. The summed E-state index contributed by atoms with van der Waals surface area (Å²) in [5.41, 5.74) is 0.761. The third-order valence-corrected chi connectivity index (χ3v) is 3.21. The maximum absolute atomic E-state index is 12.4. The van der Waals surface area contributed by atoms with Gasteiger partial charge in [0.2, 0.25) is 0 Å². The minimum atomic E-state index is -0.0544. The topological polar surface area (TPSA) is 22.0 Å². The van der Waals surface area contributed by atoms with Crippen molar-refractivity contribution in [1.82, 2.24) is 4.57 Å². The predicted octanol–water partition coefficient (Wildman–Crippen LogP) is 3.64. The molecular weight excluding hydrogens is 246 g/mol. The number of fused-ring (bicyclic) bond motifs is 1. The van der Waals surface area contributed by atoms with Crippen LogP contribution < -0.4 is 5.56 Å². The largest absolute Gasteiger partial charge is 0.282 e. The van der Waals surface area contributed by atoms with E-state index in [0.717, 1.165) is 11.1 Å². The van der Waals surface area contributed by atoms with Crippen LogP contribution in [0.3, 0.4) is 0 Å². The Balaban J connectivity index is 2.39. The van der Waals surface area contributed by atoms with Gasteiger partial charge in [0.15, 0.2) is 0 Å².